The van der Waals surface area contributed by atoms with Crippen molar-refractivity contribution in [3.05, 3.63) is 60.4 Å². The minimum absolute atomic E-state index is 0.106. The van der Waals surface area contributed by atoms with Crippen molar-refractivity contribution in [3.8, 4) is 11.5 Å². The third-order valence-corrected chi connectivity index (χ3v) is 7.09. The molecule has 1 aliphatic rings. The second-order valence-corrected chi connectivity index (χ2v) is 9.03. The summed E-state index contributed by atoms with van der Waals surface area (Å²) in [4.78, 5) is 4.56. The number of hydrogen-bond acceptors (Lipinski definition) is 6. The summed E-state index contributed by atoms with van der Waals surface area (Å²) in [5.74, 6) is 0.593. The third-order valence-electron chi connectivity index (χ3n) is 5.24. The Morgan fingerprint density at radius 1 is 1.04 bits per heavy atom. The number of rotatable bonds is 5. The molecule has 0 saturated heterocycles. The number of nitrogens with zero attached hydrogens (tertiary/aromatic N) is 3. The van der Waals surface area contributed by atoms with E-state index >= 15 is 0 Å². The van der Waals surface area contributed by atoms with Crippen LogP contribution < -0.4 is 10.0 Å². The molecule has 0 radical (unpaired) electrons. The lowest BCUT2D eigenvalue weighted by molar-refractivity contribution is 0.372. The van der Waals surface area contributed by atoms with Crippen molar-refractivity contribution >= 4 is 15.7 Å². The van der Waals surface area contributed by atoms with Crippen LogP contribution in [0.1, 0.15) is 31.5 Å². The van der Waals surface area contributed by atoms with Crippen LogP contribution in [0.2, 0.25) is 0 Å². The molecule has 0 atom stereocenters. The average molecular weight is 398 g/mol. The Bertz CT molecular complexity index is 1070. The Balaban J connectivity index is 1.75. The highest BCUT2D eigenvalue weighted by Crippen LogP contribution is 2.36. The van der Waals surface area contributed by atoms with Gasteiger partial charge in [0.05, 0.1) is 16.8 Å². The second kappa shape index (κ2) is 7.03. The molecule has 1 saturated carbocycles. The number of nitrogens with two attached hydrogens (primary N) is 1. The minimum atomic E-state index is -3.82. The standard InChI is InChI=1S/C20H22N4O3S/c1-24(15-9-3-2-4-10-15)28(25,26)17-12-6-5-11-16(17)18-22-19(23-27-18)20(21)13-7-8-14-20/h2-6,9-12H,7-8,13-14,21H2,1H3. The predicted molar refractivity (Wildman–Crippen MR) is 106 cm³/mol. The largest absolute Gasteiger partial charge is 0.334 e. The molecule has 0 bridgehead atoms. The smallest absolute Gasteiger partial charge is 0.264 e. The van der Waals surface area contributed by atoms with Crippen molar-refractivity contribution in [3.63, 3.8) is 0 Å². The highest BCUT2D eigenvalue weighted by Gasteiger charge is 2.36. The van der Waals surface area contributed by atoms with Gasteiger partial charge in [-0.2, -0.15) is 4.98 Å². The van der Waals surface area contributed by atoms with E-state index in [1.165, 1.54) is 11.4 Å². The Hall–Kier alpha value is -2.71. The van der Waals surface area contributed by atoms with E-state index in [9.17, 15) is 8.42 Å². The van der Waals surface area contributed by atoms with Crippen LogP contribution in [0.15, 0.2) is 64.0 Å². The van der Waals surface area contributed by atoms with Gasteiger partial charge in [0.15, 0.2) is 5.82 Å². The second-order valence-electron chi connectivity index (χ2n) is 7.09. The van der Waals surface area contributed by atoms with Crippen molar-refractivity contribution in [2.75, 3.05) is 11.4 Å². The molecule has 28 heavy (non-hydrogen) atoms. The predicted octanol–water partition coefficient (Wildman–Crippen LogP) is 3.29. The van der Waals surface area contributed by atoms with Crippen LogP contribution >= 0.6 is 0 Å². The van der Waals surface area contributed by atoms with Crippen LogP contribution in [0.4, 0.5) is 5.69 Å². The van der Waals surface area contributed by atoms with Crippen LogP contribution in [0.3, 0.4) is 0 Å². The van der Waals surface area contributed by atoms with E-state index in [2.05, 4.69) is 10.1 Å². The number of sulfonamides is 1. The van der Waals surface area contributed by atoms with E-state index in [1.54, 1.807) is 48.5 Å². The SMILES string of the molecule is CN(c1ccccc1)S(=O)(=O)c1ccccc1-c1nc(C2(N)CCCC2)no1. The molecule has 1 aromatic heterocycles. The number of benzene rings is 2. The summed E-state index contributed by atoms with van der Waals surface area (Å²) in [5, 5.41) is 4.05. The number of anilines is 1. The van der Waals surface area contributed by atoms with E-state index in [4.69, 9.17) is 10.3 Å². The van der Waals surface area contributed by atoms with Crippen LogP contribution in [0.5, 0.6) is 0 Å². The molecule has 146 valence electrons. The van der Waals surface area contributed by atoms with Gasteiger partial charge in [0, 0.05) is 7.05 Å². The molecule has 7 nitrogen and oxygen atoms in total. The van der Waals surface area contributed by atoms with Gasteiger partial charge in [-0.3, -0.25) is 4.31 Å². The first-order valence-electron chi connectivity index (χ1n) is 9.18. The summed E-state index contributed by atoms with van der Waals surface area (Å²) < 4.78 is 33.2. The van der Waals surface area contributed by atoms with Crippen molar-refractivity contribution in [1.29, 1.82) is 0 Å². The summed E-state index contributed by atoms with van der Waals surface area (Å²) in [7, 11) is -2.30. The Morgan fingerprint density at radius 3 is 2.39 bits per heavy atom. The van der Waals surface area contributed by atoms with Gasteiger partial charge < -0.3 is 10.3 Å². The van der Waals surface area contributed by atoms with Crippen LogP contribution in [-0.2, 0) is 15.6 Å². The average Bonchev–Trinajstić information content (AvgIpc) is 3.38. The zero-order chi connectivity index (χ0) is 19.8. The number of aromatic nitrogens is 2. The summed E-state index contributed by atoms with van der Waals surface area (Å²) in [6.45, 7) is 0. The van der Waals surface area contributed by atoms with Crippen LogP contribution in [0, 0.1) is 0 Å². The van der Waals surface area contributed by atoms with E-state index in [1.807, 2.05) is 6.07 Å². The Labute approximate surface area is 164 Å². The van der Waals surface area contributed by atoms with Crippen molar-refractivity contribution in [2.45, 2.75) is 36.1 Å². The molecule has 4 rings (SSSR count). The van der Waals surface area contributed by atoms with Crippen LogP contribution in [0.25, 0.3) is 11.5 Å². The normalized spacial score (nSPS) is 16.2. The Morgan fingerprint density at radius 2 is 1.68 bits per heavy atom. The zero-order valence-corrected chi connectivity index (χ0v) is 16.4. The molecule has 0 amide bonds. The minimum Gasteiger partial charge on any atom is -0.334 e. The van der Waals surface area contributed by atoms with Gasteiger partial charge in [-0.15, -0.1) is 0 Å². The first kappa shape index (κ1) is 18.6. The fourth-order valence-electron chi connectivity index (χ4n) is 3.56. The first-order chi connectivity index (χ1) is 13.4. The molecule has 8 heteroatoms. The molecular formula is C20H22N4O3S. The first-order valence-corrected chi connectivity index (χ1v) is 10.6. The summed E-state index contributed by atoms with van der Waals surface area (Å²) in [6.07, 6.45) is 3.63. The molecule has 1 heterocycles. The van der Waals surface area contributed by atoms with E-state index in [0.717, 1.165) is 25.7 Å². The summed E-state index contributed by atoms with van der Waals surface area (Å²) in [6, 6.07) is 15.5. The molecule has 2 N–H and O–H groups in total. The van der Waals surface area contributed by atoms with E-state index in [-0.39, 0.29) is 10.8 Å². The number of para-hydroxylation sites is 1. The fourth-order valence-corrected chi connectivity index (χ4v) is 4.94. The van der Waals surface area contributed by atoms with Crippen molar-refractivity contribution < 1.29 is 12.9 Å². The molecule has 0 spiro atoms. The summed E-state index contributed by atoms with van der Waals surface area (Å²) >= 11 is 0. The molecule has 0 unspecified atom stereocenters. The number of hydrogen-bond donors (Lipinski definition) is 1. The topological polar surface area (TPSA) is 102 Å². The van der Waals surface area contributed by atoms with E-state index in [0.29, 0.717) is 17.1 Å². The van der Waals surface area contributed by atoms with E-state index < -0.39 is 15.6 Å². The van der Waals surface area contributed by atoms with Gasteiger partial charge in [0.1, 0.15) is 4.90 Å². The zero-order valence-electron chi connectivity index (χ0n) is 15.6. The van der Waals surface area contributed by atoms with Crippen molar-refractivity contribution in [1.82, 2.24) is 10.1 Å². The maximum Gasteiger partial charge on any atom is 0.264 e. The highest BCUT2D eigenvalue weighted by molar-refractivity contribution is 7.93. The van der Waals surface area contributed by atoms with Gasteiger partial charge in [0.25, 0.3) is 15.9 Å². The van der Waals surface area contributed by atoms with Gasteiger partial charge in [-0.1, -0.05) is 48.3 Å². The Kier molecular flexibility index (Phi) is 4.68. The lowest BCUT2D eigenvalue weighted by Gasteiger charge is -2.20. The lowest BCUT2D eigenvalue weighted by Crippen LogP contribution is -2.34. The quantitative estimate of drug-likeness (QED) is 0.707. The maximum atomic E-state index is 13.3. The van der Waals surface area contributed by atoms with Gasteiger partial charge in [-0.25, -0.2) is 8.42 Å². The maximum absolute atomic E-state index is 13.3. The van der Waals surface area contributed by atoms with Gasteiger partial charge in [-0.05, 0) is 37.1 Å². The molecule has 2 aromatic carbocycles. The molecule has 0 aliphatic heterocycles. The van der Waals surface area contributed by atoms with Gasteiger partial charge >= 0.3 is 0 Å². The van der Waals surface area contributed by atoms with Gasteiger partial charge in [0.2, 0.25) is 0 Å². The molecule has 3 aromatic rings. The molecule has 1 fully saturated rings. The third kappa shape index (κ3) is 3.18. The van der Waals surface area contributed by atoms with Crippen molar-refractivity contribution in [2.24, 2.45) is 5.73 Å². The van der Waals surface area contributed by atoms with Crippen LogP contribution in [-0.4, -0.2) is 25.6 Å². The molecular weight excluding hydrogens is 376 g/mol. The fraction of sp³-hybridized carbons (Fsp3) is 0.300. The monoisotopic (exact) mass is 398 g/mol. The molecule has 1 aliphatic carbocycles. The lowest BCUT2D eigenvalue weighted by atomic mass is 9.99. The summed E-state index contributed by atoms with van der Waals surface area (Å²) in [5.41, 5.74) is 6.74. The highest BCUT2D eigenvalue weighted by atomic mass is 32.2.